The first kappa shape index (κ1) is 13.8. The van der Waals surface area contributed by atoms with Crippen molar-refractivity contribution in [2.75, 3.05) is 13.1 Å². The van der Waals surface area contributed by atoms with Crippen molar-refractivity contribution < 1.29 is 14.7 Å². The lowest BCUT2D eigenvalue weighted by Gasteiger charge is -2.29. The van der Waals surface area contributed by atoms with Crippen molar-refractivity contribution in [2.24, 2.45) is 0 Å². The van der Waals surface area contributed by atoms with E-state index in [-0.39, 0.29) is 12.5 Å². The van der Waals surface area contributed by atoms with Gasteiger partial charge >= 0.3 is 12.0 Å². The van der Waals surface area contributed by atoms with Crippen LogP contribution in [0, 0.1) is 0 Å². The molecule has 0 spiro atoms. The second kappa shape index (κ2) is 5.89. The van der Waals surface area contributed by atoms with E-state index in [1.54, 1.807) is 18.7 Å². The molecule has 2 amide bonds. The van der Waals surface area contributed by atoms with Gasteiger partial charge in [-0.2, -0.15) is 0 Å². The minimum absolute atomic E-state index is 0.0629. The molecule has 17 heavy (non-hydrogen) atoms. The topological polar surface area (TPSA) is 69.6 Å². The maximum atomic E-state index is 12.0. The van der Waals surface area contributed by atoms with Crippen molar-refractivity contribution in [3.63, 3.8) is 0 Å². The van der Waals surface area contributed by atoms with Crippen molar-refractivity contribution >= 4 is 12.0 Å². The van der Waals surface area contributed by atoms with E-state index < -0.39 is 11.5 Å². The Kier molecular flexibility index (Phi) is 4.78. The van der Waals surface area contributed by atoms with Crippen molar-refractivity contribution in [1.29, 1.82) is 0 Å². The molecule has 0 bridgehead atoms. The van der Waals surface area contributed by atoms with Crippen LogP contribution in [0.4, 0.5) is 4.79 Å². The molecule has 1 saturated heterocycles. The molecule has 1 aliphatic rings. The predicted molar refractivity (Wildman–Crippen MR) is 64.9 cm³/mol. The van der Waals surface area contributed by atoms with E-state index in [1.165, 1.54) is 12.8 Å². The first-order chi connectivity index (χ1) is 7.91. The van der Waals surface area contributed by atoms with Crippen LogP contribution in [0.3, 0.4) is 0 Å². The summed E-state index contributed by atoms with van der Waals surface area (Å²) in [6.45, 7) is 5.01. The number of nitrogens with zero attached hydrogens (tertiary/aromatic N) is 1. The molecule has 0 aromatic rings. The Hall–Kier alpha value is -1.26. The van der Waals surface area contributed by atoms with Crippen LogP contribution in [0.2, 0.25) is 0 Å². The molecule has 2 N–H and O–H groups in total. The van der Waals surface area contributed by atoms with Gasteiger partial charge in [-0.15, -0.1) is 0 Å². The number of carboxylic acids is 1. The number of urea groups is 1. The normalized spacial score (nSPS) is 17.4. The first-order valence-electron chi connectivity index (χ1n) is 6.20. The standard InChI is InChI=1S/C12H22N2O3/c1-12(2,9-10(15)16)13-11(17)14-7-5-3-4-6-8-14/h3-9H2,1-2H3,(H,13,17)(H,15,16). The van der Waals surface area contributed by atoms with Gasteiger partial charge in [-0.1, -0.05) is 12.8 Å². The summed E-state index contributed by atoms with van der Waals surface area (Å²) >= 11 is 0. The van der Waals surface area contributed by atoms with Gasteiger partial charge in [0.25, 0.3) is 0 Å². The van der Waals surface area contributed by atoms with Crippen LogP contribution in [0.15, 0.2) is 0 Å². The lowest BCUT2D eigenvalue weighted by Crippen LogP contribution is -2.51. The molecule has 1 heterocycles. The number of carboxylic acid groups (broad SMARTS) is 1. The zero-order chi connectivity index (χ0) is 12.9. The minimum atomic E-state index is -0.897. The molecule has 1 rings (SSSR count). The monoisotopic (exact) mass is 242 g/mol. The van der Waals surface area contributed by atoms with Gasteiger partial charge in [0, 0.05) is 18.6 Å². The number of rotatable bonds is 3. The third kappa shape index (κ3) is 5.06. The van der Waals surface area contributed by atoms with E-state index in [0.717, 1.165) is 25.9 Å². The quantitative estimate of drug-likeness (QED) is 0.793. The molecule has 0 saturated carbocycles. The Morgan fingerprint density at radius 2 is 1.71 bits per heavy atom. The summed E-state index contributed by atoms with van der Waals surface area (Å²) in [6, 6.07) is -0.141. The van der Waals surface area contributed by atoms with Gasteiger partial charge in [0.2, 0.25) is 0 Å². The molecule has 0 aromatic carbocycles. The highest BCUT2D eigenvalue weighted by molar-refractivity contribution is 5.76. The van der Waals surface area contributed by atoms with E-state index in [4.69, 9.17) is 5.11 Å². The fourth-order valence-corrected chi connectivity index (χ4v) is 2.06. The molecular weight excluding hydrogens is 220 g/mol. The third-order valence-electron chi connectivity index (χ3n) is 2.93. The van der Waals surface area contributed by atoms with E-state index >= 15 is 0 Å². The smallest absolute Gasteiger partial charge is 0.317 e. The summed E-state index contributed by atoms with van der Waals surface area (Å²) in [5.74, 6) is -0.897. The number of amides is 2. The molecular formula is C12H22N2O3. The third-order valence-corrected chi connectivity index (χ3v) is 2.93. The zero-order valence-electron chi connectivity index (χ0n) is 10.7. The summed E-state index contributed by atoms with van der Waals surface area (Å²) in [4.78, 5) is 24.4. The Morgan fingerprint density at radius 1 is 1.18 bits per heavy atom. The summed E-state index contributed by atoms with van der Waals surface area (Å²) in [5.41, 5.74) is -0.699. The summed E-state index contributed by atoms with van der Waals surface area (Å²) in [5, 5.41) is 11.5. The predicted octanol–water partition coefficient (Wildman–Crippen LogP) is 1.83. The van der Waals surface area contributed by atoms with Crippen LogP contribution in [-0.4, -0.2) is 40.6 Å². The fraction of sp³-hybridized carbons (Fsp3) is 0.833. The van der Waals surface area contributed by atoms with Crippen LogP contribution in [0.1, 0.15) is 46.0 Å². The second-order valence-electron chi connectivity index (χ2n) is 5.29. The van der Waals surface area contributed by atoms with E-state index in [9.17, 15) is 9.59 Å². The summed E-state index contributed by atoms with van der Waals surface area (Å²) in [6.07, 6.45) is 4.34. The van der Waals surface area contributed by atoms with Crippen molar-refractivity contribution in [3.8, 4) is 0 Å². The Labute approximate surface area is 102 Å². The zero-order valence-corrected chi connectivity index (χ0v) is 10.7. The molecule has 0 atom stereocenters. The van der Waals surface area contributed by atoms with Gasteiger partial charge in [0.15, 0.2) is 0 Å². The maximum absolute atomic E-state index is 12.0. The highest BCUT2D eigenvalue weighted by Crippen LogP contribution is 2.13. The maximum Gasteiger partial charge on any atom is 0.317 e. The molecule has 0 aliphatic carbocycles. The lowest BCUT2D eigenvalue weighted by molar-refractivity contribution is -0.138. The highest BCUT2D eigenvalue weighted by atomic mass is 16.4. The average Bonchev–Trinajstić information content (AvgIpc) is 2.41. The van der Waals surface area contributed by atoms with Crippen LogP contribution < -0.4 is 5.32 Å². The van der Waals surface area contributed by atoms with Crippen LogP contribution in [0.25, 0.3) is 0 Å². The van der Waals surface area contributed by atoms with E-state index in [2.05, 4.69) is 5.32 Å². The van der Waals surface area contributed by atoms with Crippen molar-refractivity contribution in [3.05, 3.63) is 0 Å². The van der Waals surface area contributed by atoms with Gasteiger partial charge in [0.05, 0.1) is 6.42 Å². The number of carbonyl (C=O) groups excluding carboxylic acids is 1. The van der Waals surface area contributed by atoms with Crippen molar-refractivity contribution in [2.45, 2.75) is 51.5 Å². The van der Waals surface area contributed by atoms with E-state index in [0.29, 0.717) is 0 Å². The van der Waals surface area contributed by atoms with Gasteiger partial charge in [-0.25, -0.2) is 4.79 Å². The number of hydrogen-bond donors (Lipinski definition) is 2. The first-order valence-corrected chi connectivity index (χ1v) is 6.20. The van der Waals surface area contributed by atoms with Gasteiger partial charge in [-0.05, 0) is 26.7 Å². The van der Waals surface area contributed by atoms with Gasteiger partial charge in [0.1, 0.15) is 0 Å². The summed E-state index contributed by atoms with van der Waals surface area (Å²) < 4.78 is 0. The van der Waals surface area contributed by atoms with Crippen LogP contribution >= 0.6 is 0 Å². The fourth-order valence-electron chi connectivity index (χ4n) is 2.06. The number of likely N-dealkylation sites (tertiary alicyclic amines) is 1. The highest BCUT2D eigenvalue weighted by Gasteiger charge is 2.26. The molecule has 0 unspecified atom stereocenters. The summed E-state index contributed by atoms with van der Waals surface area (Å²) in [7, 11) is 0. The largest absolute Gasteiger partial charge is 0.481 e. The van der Waals surface area contributed by atoms with Crippen LogP contribution in [0.5, 0.6) is 0 Å². The molecule has 0 radical (unpaired) electrons. The molecule has 1 aliphatic heterocycles. The Morgan fingerprint density at radius 3 is 2.18 bits per heavy atom. The molecule has 5 heteroatoms. The van der Waals surface area contributed by atoms with Crippen molar-refractivity contribution in [1.82, 2.24) is 10.2 Å². The average molecular weight is 242 g/mol. The Bertz CT molecular complexity index is 281. The molecule has 0 aromatic heterocycles. The molecule has 1 fully saturated rings. The lowest BCUT2D eigenvalue weighted by atomic mass is 10.0. The number of carbonyl (C=O) groups is 2. The molecule has 5 nitrogen and oxygen atoms in total. The second-order valence-corrected chi connectivity index (χ2v) is 5.29. The SMILES string of the molecule is CC(C)(CC(=O)O)NC(=O)N1CCCCCC1. The van der Waals surface area contributed by atoms with Gasteiger partial charge in [-0.3, -0.25) is 4.79 Å². The van der Waals surface area contributed by atoms with Crippen LogP contribution in [-0.2, 0) is 4.79 Å². The number of hydrogen-bond acceptors (Lipinski definition) is 2. The number of nitrogens with one attached hydrogen (secondary N) is 1. The van der Waals surface area contributed by atoms with Gasteiger partial charge < -0.3 is 15.3 Å². The van der Waals surface area contributed by atoms with E-state index in [1.807, 2.05) is 0 Å². The molecule has 98 valence electrons. The minimum Gasteiger partial charge on any atom is -0.481 e. The number of aliphatic carboxylic acids is 1. The Balaban J connectivity index is 2.48.